The molecule has 0 unspecified atom stereocenters. The zero-order chi connectivity index (χ0) is 33.0. The van der Waals surface area contributed by atoms with Crippen molar-refractivity contribution in [1.82, 2.24) is 19.9 Å². The summed E-state index contributed by atoms with van der Waals surface area (Å²) in [6.07, 6.45) is 0. The smallest absolute Gasteiger partial charge is 0.0972 e. The van der Waals surface area contributed by atoms with E-state index in [0.717, 1.165) is 99.4 Å². The normalized spacial score (nSPS) is 11.6. The van der Waals surface area contributed by atoms with Crippen LogP contribution in [-0.4, -0.2) is 19.9 Å². The Hall–Kier alpha value is -6.78. The average Bonchev–Trinajstić information content (AvgIpc) is 3.20. The molecular weight excluding hydrogens is 609 g/mol. The summed E-state index contributed by atoms with van der Waals surface area (Å²) in [5.74, 6) is 0. The zero-order valence-electron chi connectivity index (χ0n) is 27.0. The predicted molar refractivity (Wildman–Crippen MR) is 207 cm³/mol. The van der Waals surface area contributed by atoms with Gasteiger partial charge in [0.25, 0.3) is 0 Å². The molecule has 0 aliphatic rings. The van der Waals surface area contributed by atoms with Gasteiger partial charge in [0.2, 0.25) is 0 Å². The van der Waals surface area contributed by atoms with Crippen LogP contribution in [0.5, 0.6) is 0 Å². The van der Waals surface area contributed by atoms with Crippen LogP contribution in [0.15, 0.2) is 170 Å². The number of pyridine rings is 4. The first kappa shape index (κ1) is 28.3. The van der Waals surface area contributed by atoms with E-state index < -0.39 is 0 Å². The Morgan fingerprint density at radius 3 is 1.18 bits per heavy atom. The molecule has 0 spiro atoms. The summed E-state index contributed by atoms with van der Waals surface area (Å²) >= 11 is 0. The minimum absolute atomic E-state index is 0.906. The Kier molecular flexibility index (Phi) is 6.46. The number of rotatable bonds is 4. The summed E-state index contributed by atoms with van der Waals surface area (Å²) in [5, 5.41) is 6.57. The lowest BCUT2D eigenvalue weighted by atomic mass is 9.98. The van der Waals surface area contributed by atoms with Gasteiger partial charge in [-0.05, 0) is 41.1 Å². The molecule has 4 heteroatoms. The number of nitrogens with zero attached hydrogens (tertiary/aromatic N) is 4. The van der Waals surface area contributed by atoms with Gasteiger partial charge in [0.05, 0.1) is 44.8 Å². The summed E-state index contributed by atoms with van der Waals surface area (Å²) in [7, 11) is 0. The van der Waals surface area contributed by atoms with Crippen LogP contribution in [-0.2, 0) is 0 Å². The molecule has 0 saturated heterocycles. The number of hydrogen-bond acceptors (Lipinski definition) is 4. The first-order valence-corrected chi connectivity index (χ1v) is 16.8. The van der Waals surface area contributed by atoms with Crippen LogP contribution in [0, 0.1) is 0 Å². The molecular formula is C46H28N4. The van der Waals surface area contributed by atoms with Crippen molar-refractivity contribution in [2.75, 3.05) is 0 Å². The predicted octanol–water partition coefficient (Wildman–Crippen LogP) is 11.7. The number of hydrogen-bond donors (Lipinski definition) is 0. The average molecular weight is 637 g/mol. The van der Waals surface area contributed by atoms with Crippen LogP contribution in [0.4, 0.5) is 0 Å². The van der Waals surface area contributed by atoms with Crippen molar-refractivity contribution in [2.24, 2.45) is 0 Å². The Bertz CT molecular complexity index is 2920. The third-order valence-corrected chi connectivity index (χ3v) is 9.63. The van der Waals surface area contributed by atoms with E-state index in [1.165, 1.54) is 0 Å². The highest BCUT2D eigenvalue weighted by Gasteiger charge is 2.13. The van der Waals surface area contributed by atoms with Crippen molar-refractivity contribution in [3.8, 4) is 45.0 Å². The van der Waals surface area contributed by atoms with Crippen LogP contribution in [0.2, 0.25) is 0 Å². The second-order valence-corrected chi connectivity index (χ2v) is 12.7. The van der Waals surface area contributed by atoms with Gasteiger partial charge < -0.3 is 0 Å². The van der Waals surface area contributed by atoms with E-state index in [1.807, 2.05) is 36.4 Å². The molecule has 4 heterocycles. The molecule has 0 amide bonds. The second kappa shape index (κ2) is 11.4. The summed E-state index contributed by atoms with van der Waals surface area (Å²) in [6.45, 7) is 0. The zero-order valence-corrected chi connectivity index (χ0v) is 27.0. The minimum atomic E-state index is 0.906. The monoisotopic (exact) mass is 636 g/mol. The van der Waals surface area contributed by atoms with Crippen molar-refractivity contribution in [1.29, 1.82) is 0 Å². The Morgan fingerprint density at radius 1 is 0.260 bits per heavy atom. The topological polar surface area (TPSA) is 51.6 Å². The van der Waals surface area contributed by atoms with E-state index in [-0.39, 0.29) is 0 Å². The van der Waals surface area contributed by atoms with Crippen LogP contribution in [0.3, 0.4) is 0 Å². The van der Waals surface area contributed by atoms with E-state index in [1.54, 1.807) is 0 Å². The first-order valence-electron chi connectivity index (χ1n) is 16.8. The number of aromatic nitrogens is 4. The van der Waals surface area contributed by atoms with Crippen molar-refractivity contribution >= 4 is 54.4 Å². The van der Waals surface area contributed by atoms with E-state index in [4.69, 9.17) is 19.9 Å². The summed E-state index contributed by atoms with van der Waals surface area (Å²) in [5.41, 5.74) is 11.7. The Morgan fingerprint density at radius 2 is 0.680 bits per heavy atom. The highest BCUT2D eigenvalue weighted by Crippen LogP contribution is 2.34. The molecule has 6 aromatic carbocycles. The molecule has 4 nitrogen and oxygen atoms in total. The number of fused-ring (bicyclic) bond motifs is 7. The SMILES string of the molecule is c1ccc(-c2ccc3ccc4ccc(-c5ccc6c(-c7ccc8ccc9ccc(-c%10ccccc%10)nc9c8n7)cccc6c5)nc4c3n2)cc1. The maximum Gasteiger partial charge on any atom is 0.0972 e. The van der Waals surface area contributed by atoms with Crippen LogP contribution in [0.1, 0.15) is 0 Å². The largest absolute Gasteiger partial charge is 0.245 e. The summed E-state index contributed by atoms with van der Waals surface area (Å²) < 4.78 is 0. The molecule has 0 saturated carbocycles. The van der Waals surface area contributed by atoms with Gasteiger partial charge in [0, 0.05) is 43.8 Å². The van der Waals surface area contributed by atoms with Crippen molar-refractivity contribution in [3.05, 3.63) is 170 Å². The van der Waals surface area contributed by atoms with Gasteiger partial charge in [-0.3, -0.25) is 0 Å². The van der Waals surface area contributed by atoms with Gasteiger partial charge in [-0.15, -0.1) is 0 Å². The fourth-order valence-corrected chi connectivity index (χ4v) is 7.05. The second-order valence-electron chi connectivity index (χ2n) is 12.7. The molecule has 10 aromatic rings. The fraction of sp³-hybridized carbons (Fsp3) is 0. The van der Waals surface area contributed by atoms with Gasteiger partial charge in [0.15, 0.2) is 0 Å². The summed E-state index contributed by atoms with van der Waals surface area (Å²) in [6, 6.07) is 59.1. The van der Waals surface area contributed by atoms with Crippen LogP contribution in [0.25, 0.3) is 99.4 Å². The van der Waals surface area contributed by atoms with Crippen LogP contribution < -0.4 is 0 Å². The first-order chi connectivity index (χ1) is 24.7. The quantitative estimate of drug-likeness (QED) is 0.180. The highest BCUT2D eigenvalue weighted by atomic mass is 14.8. The fourth-order valence-electron chi connectivity index (χ4n) is 7.05. The summed E-state index contributed by atoms with van der Waals surface area (Å²) in [4.78, 5) is 20.6. The lowest BCUT2D eigenvalue weighted by Crippen LogP contribution is -1.92. The van der Waals surface area contributed by atoms with E-state index in [0.29, 0.717) is 0 Å². The van der Waals surface area contributed by atoms with Crippen molar-refractivity contribution in [2.45, 2.75) is 0 Å². The van der Waals surface area contributed by atoms with Gasteiger partial charge in [-0.2, -0.15) is 0 Å². The lowest BCUT2D eigenvalue weighted by Gasteiger charge is -2.11. The molecule has 0 fully saturated rings. The maximum atomic E-state index is 5.25. The molecule has 0 aliphatic heterocycles. The van der Waals surface area contributed by atoms with Crippen molar-refractivity contribution < 1.29 is 0 Å². The molecule has 4 aromatic heterocycles. The number of benzene rings is 6. The molecule has 0 atom stereocenters. The molecule has 0 radical (unpaired) electrons. The molecule has 232 valence electrons. The van der Waals surface area contributed by atoms with Gasteiger partial charge in [-0.1, -0.05) is 140 Å². The van der Waals surface area contributed by atoms with Crippen LogP contribution >= 0.6 is 0 Å². The molecule has 10 rings (SSSR count). The highest BCUT2D eigenvalue weighted by molar-refractivity contribution is 6.06. The minimum Gasteiger partial charge on any atom is -0.245 e. The standard InChI is InChI=1S/C46H28N4/c1-3-8-29(9-4-1)39-24-19-31-14-15-33-21-26-41(49-44(33)43(31)47-39)36-18-23-37-35(28-36)12-7-13-38(37)42-27-22-34-17-16-32-20-25-40(30-10-5-2-6-11-30)48-45(32)46(34)50-42/h1-28H. The van der Waals surface area contributed by atoms with Gasteiger partial charge >= 0.3 is 0 Å². The van der Waals surface area contributed by atoms with E-state index in [2.05, 4.69) is 133 Å². The van der Waals surface area contributed by atoms with E-state index >= 15 is 0 Å². The lowest BCUT2D eigenvalue weighted by molar-refractivity contribution is 1.36. The molecule has 0 bridgehead atoms. The molecule has 0 aliphatic carbocycles. The van der Waals surface area contributed by atoms with E-state index in [9.17, 15) is 0 Å². The molecule has 50 heavy (non-hydrogen) atoms. The van der Waals surface area contributed by atoms with Gasteiger partial charge in [0.1, 0.15) is 0 Å². The third-order valence-electron chi connectivity index (χ3n) is 9.63. The van der Waals surface area contributed by atoms with Gasteiger partial charge in [-0.25, -0.2) is 19.9 Å². The Balaban J connectivity index is 1.07. The Labute approximate surface area is 288 Å². The maximum absolute atomic E-state index is 5.25. The molecule has 0 N–H and O–H groups in total. The van der Waals surface area contributed by atoms with Crippen molar-refractivity contribution in [3.63, 3.8) is 0 Å². The third kappa shape index (κ3) is 4.77.